The second-order valence-electron chi connectivity index (χ2n) is 13.0. The lowest BCUT2D eigenvalue weighted by Gasteiger charge is -2.16. The summed E-state index contributed by atoms with van der Waals surface area (Å²) in [7, 11) is 0. The smallest absolute Gasteiger partial charge is 0.331 e. The number of allylic oxidation sites excluding steroid dienone is 2. The highest BCUT2D eigenvalue weighted by Gasteiger charge is 2.14. The van der Waals surface area contributed by atoms with Gasteiger partial charge in [0.05, 0.1) is 0 Å². The summed E-state index contributed by atoms with van der Waals surface area (Å²) >= 11 is 0. The lowest BCUT2D eigenvalue weighted by molar-refractivity contribution is -0.146. The summed E-state index contributed by atoms with van der Waals surface area (Å²) in [6, 6.07) is 0. The van der Waals surface area contributed by atoms with Gasteiger partial charge in [-0.3, -0.25) is 9.59 Å². The Kier molecular flexibility index (Phi) is 31.9. The second-order valence-corrected chi connectivity index (χ2v) is 13.0. The Morgan fingerprint density at radius 2 is 0.833 bits per heavy atom. The molecule has 0 saturated heterocycles. The average molecular weight is 677 g/mol. The van der Waals surface area contributed by atoms with Crippen LogP contribution in [0.3, 0.4) is 0 Å². The van der Waals surface area contributed by atoms with Gasteiger partial charge in [0.25, 0.3) is 0 Å². The fourth-order valence-corrected chi connectivity index (χ4v) is 5.46. The van der Waals surface area contributed by atoms with Crippen LogP contribution in [0.15, 0.2) is 36.5 Å². The molecule has 0 rings (SSSR count). The van der Waals surface area contributed by atoms with Crippen molar-refractivity contribution in [2.45, 2.75) is 193 Å². The summed E-state index contributed by atoms with van der Waals surface area (Å²) < 4.78 is 11.5. The summed E-state index contributed by atoms with van der Waals surface area (Å²) in [5.41, 5.74) is 0. The number of hydrogen-bond acceptors (Lipinski definition) is 6. The first-order valence-corrected chi connectivity index (χ1v) is 19.1. The van der Waals surface area contributed by atoms with E-state index < -0.39 is 23.9 Å². The number of carbonyl (C=O) groups is 4. The van der Waals surface area contributed by atoms with Crippen molar-refractivity contribution in [2.24, 2.45) is 0 Å². The van der Waals surface area contributed by atoms with Gasteiger partial charge in [-0.25, -0.2) is 9.59 Å². The number of hydrogen-bond donors (Lipinski definition) is 2. The van der Waals surface area contributed by atoms with Crippen LogP contribution < -0.4 is 0 Å². The number of carboxylic acid groups (broad SMARTS) is 2. The van der Waals surface area contributed by atoms with Crippen LogP contribution in [-0.4, -0.2) is 46.3 Å². The van der Waals surface area contributed by atoms with Gasteiger partial charge in [-0.15, -0.1) is 0 Å². The van der Waals surface area contributed by atoms with Crippen molar-refractivity contribution in [3.05, 3.63) is 36.5 Å². The summed E-state index contributed by atoms with van der Waals surface area (Å²) in [6.45, 7) is 4.33. The van der Waals surface area contributed by atoms with Crippen molar-refractivity contribution in [1.29, 1.82) is 0 Å². The van der Waals surface area contributed by atoms with Crippen molar-refractivity contribution >= 4 is 23.9 Å². The molecule has 0 fully saturated rings. The van der Waals surface area contributed by atoms with E-state index in [9.17, 15) is 19.2 Å². The molecule has 0 aliphatic rings. The van der Waals surface area contributed by atoms with E-state index in [0.29, 0.717) is 12.8 Å². The van der Waals surface area contributed by atoms with E-state index in [-0.39, 0.29) is 25.0 Å². The molecule has 0 heterocycles. The van der Waals surface area contributed by atoms with Gasteiger partial charge >= 0.3 is 23.9 Å². The maximum absolute atomic E-state index is 12.6. The van der Waals surface area contributed by atoms with Crippen LogP contribution in [0.1, 0.15) is 181 Å². The Bertz CT molecular complexity index is 835. The molecule has 0 saturated carbocycles. The average Bonchev–Trinajstić information content (AvgIpc) is 3.05. The lowest BCUT2D eigenvalue weighted by Crippen LogP contribution is -2.18. The molecule has 0 aliphatic carbocycles. The van der Waals surface area contributed by atoms with Crippen molar-refractivity contribution in [1.82, 2.24) is 0 Å². The van der Waals surface area contributed by atoms with Crippen LogP contribution in [0.5, 0.6) is 0 Å². The van der Waals surface area contributed by atoms with Gasteiger partial charge in [-0.05, 0) is 64.2 Å². The van der Waals surface area contributed by atoms with Gasteiger partial charge in [0.15, 0.2) is 0 Å². The highest BCUT2D eigenvalue weighted by Crippen LogP contribution is 2.16. The van der Waals surface area contributed by atoms with E-state index in [0.717, 1.165) is 141 Å². The van der Waals surface area contributed by atoms with Crippen LogP contribution in [0.2, 0.25) is 0 Å². The van der Waals surface area contributed by atoms with Gasteiger partial charge in [0.2, 0.25) is 0 Å². The highest BCUT2D eigenvalue weighted by atomic mass is 16.5. The Labute approximate surface area is 291 Å². The molecular formula is C40H68O8. The molecule has 0 unspecified atom stereocenters. The fourth-order valence-electron chi connectivity index (χ4n) is 5.46. The van der Waals surface area contributed by atoms with Gasteiger partial charge in [-0.1, -0.05) is 115 Å². The maximum atomic E-state index is 12.6. The first-order chi connectivity index (χ1) is 23.3. The standard InChI is InChI=1S/C40H68O8/c1-3-5-7-21-27-35(29-23-17-13-9-11-15-19-25-31-37(41)42)47-39(45)33-34-40(46)48-36(28-22-8-6-4-2)30-24-18-14-10-12-16-20-26-32-38(43)44/h17-18,23-24,33-36H,3-16,19-22,25-32H2,1-2H3,(H,41,42)(H,43,44)/b23-17-,24-18-,34-33-/t35-,36-/m1/s1. The zero-order valence-corrected chi connectivity index (χ0v) is 30.3. The summed E-state index contributed by atoms with van der Waals surface area (Å²) in [6.07, 6.45) is 34.1. The minimum atomic E-state index is -0.730. The molecule has 8 heteroatoms. The molecule has 0 radical (unpaired) electrons. The number of aliphatic carboxylic acids is 2. The Balaban J connectivity index is 4.72. The molecule has 2 atom stereocenters. The fraction of sp³-hybridized carbons (Fsp3) is 0.750. The Hall–Kier alpha value is -2.90. The van der Waals surface area contributed by atoms with Crippen LogP contribution in [0, 0.1) is 0 Å². The Morgan fingerprint density at radius 3 is 1.21 bits per heavy atom. The van der Waals surface area contributed by atoms with E-state index in [1.165, 1.54) is 12.2 Å². The molecule has 8 nitrogen and oxygen atoms in total. The van der Waals surface area contributed by atoms with E-state index >= 15 is 0 Å². The highest BCUT2D eigenvalue weighted by molar-refractivity contribution is 5.91. The van der Waals surface area contributed by atoms with E-state index in [2.05, 4.69) is 38.2 Å². The monoisotopic (exact) mass is 676 g/mol. The van der Waals surface area contributed by atoms with E-state index in [4.69, 9.17) is 19.7 Å². The summed E-state index contributed by atoms with van der Waals surface area (Å²) in [5.74, 6) is -2.51. The number of ether oxygens (including phenoxy) is 2. The minimum absolute atomic E-state index is 0.233. The third-order valence-corrected chi connectivity index (χ3v) is 8.33. The zero-order valence-electron chi connectivity index (χ0n) is 30.3. The van der Waals surface area contributed by atoms with Crippen LogP contribution in [0.25, 0.3) is 0 Å². The lowest BCUT2D eigenvalue weighted by atomic mass is 10.1. The van der Waals surface area contributed by atoms with Gasteiger partial charge in [-0.2, -0.15) is 0 Å². The molecule has 0 aromatic rings. The van der Waals surface area contributed by atoms with Crippen LogP contribution in [-0.2, 0) is 28.7 Å². The predicted molar refractivity (Wildman–Crippen MR) is 194 cm³/mol. The molecule has 2 N–H and O–H groups in total. The molecule has 0 amide bonds. The first-order valence-electron chi connectivity index (χ1n) is 19.1. The van der Waals surface area contributed by atoms with Gasteiger partial charge < -0.3 is 19.7 Å². The largest absolute Gasteiger partial charge is 0.481 e. The maximum Gasteiger partial charge on any atom is 0.331 e. The molecule has 0 aromatic heterocycles. The van der Waals surface area contributed by atoms with Crippen LogP contribution >= 0.6 is 0 Å². The van der Waals surface area contributed by atoms with E-state index in [1.54, 1.807) is 0 Å². The Morgan fingerprint density at radius 1 is 0.479 bits per heavy atom. The normalized spacial score (nSPS) is 13.0. The number of rotatable bonds is 34. The second kappa shape index (κ2) is 34.0. The first kappa shape index (κ1) is 45.1. The summed E-state index contributed by atoms with van der Waals surface area (Å²) in [5, 5.41) is 17.4. The SMILES string of the molecule is CCCCCC[C@H](C/C=C\CCCCCCCC(=O)O)OC(=O)/C=C\C(=O)O[C@@H](C/C=C\CCCCCCCC(=O)O)CCCCCC. The third-order valence-electron chi connectivity index (χ3n) is 8.33. The molecule has 276 valence electrons. The van der Waals surface area contributed by atoms with Crippen molar-refractivity contribution < 1.29 is 38.9 Å². The van der Waals surface area contributed by atoms with Crippen molar-refractivity contribution in [3.8, 4) is 0 Å². The number of esters is 2. The van der Waals surface area contributed by atoms with Crippen molar-refractivity contribution in [2.75, 3.05) is 0 Å². The zero-order chi connectivity index (χ0) is 35.5. The van der Waals surface area contributed by atoms with Crippen molar-refractivity contribution in [3.63, 3.8) is 0 Å². The van der Waals surface area contributed by atoms with Gasteiger partial charge in [0, 0.05) is 37.8 Å². The molecule has 0 bridgehead atoms. The van der Waals surface area contributed by atoms with Gasteiger partial charge in [0.1, 0.15) is 12.2 Å². The van der Waals surface area contributed by atoms with E-state index in [1.807, 2.05) is 0 Å². The quantitative estimate of drug-likeness (QED) is 0.0298. The topological polar surface area (TPSA) is 127 Å². The minimum Gasteiger partial charge on any atom is -0.481 e. The molecule has 0 aliphatic heterocycles. The van der Waals surface area contributed by atoms with Crippen LogP contribution in [0.4, 0.5) is 0 Å². The molecule has 48 heavy (non-hydrogen) atoms. The molecular weight excluding hydrogens is 608 g/mol. The number of unbranched alkanes of at least 4 members (excludes halogenated alkanes) is 16. The molecule has 0 aromatic carbocycles. The number of carboxylic acids is 2. The number of carbonyl (C=O) groups excluding carboxylic acids is 2. The predicted octanol–water partition coefficient (Wildman–Crippen LogP) is 10.8. The molecule has 0 spiro atoms. The summed E-state index contributed by atoms with van der Waals surface area (Å²) in [4.78, 5) is 46.5. The third kappa shape index (κ3) is 33.0.